The molecule has 0 saturated carbocycles. The second-order valence-corrected chi connectivity index (χ2v) is 5.63. The SMILES string of the molecule is O=C(COC(=O)c1ccc(Cl)c(Cl)c1)Nc1cc(Cl)ccc1F. The van der Waals surface area contributed by atoms with Gasteiger partial charge in [0.2, 0.25) is 0 Å². The lowest BCUT2D eigenvalue weighted by Gasteiger charge is -2.08. The van der Waals surface area contributed by atoms with Crippen LogP contribution in [0.15, 0.2) is 36.4 Å². The monoisotopic (exact) mass is 375 g/mol. The molecule has 1 amide bonds. The van der Waals surface area contributed by atoms with E-state index in [0.717, 1.165) is 6.07 Å². The first-order chi connectivity index (χ1) is 10.9. The maximum atomic E-state index is 13.5. The zero-order valence-electron chi connectivity index (χ0n) is 11.4. The predicted molar refractivity (Wildman–Crippen MR) is 86.8 cm³/mol. The second-order valence-electron chi connectivity index (χ2n) is 4.38. The number of rotatable bonds is 4. The highest BCUT2D eigenvalue weighted by Gasteiger charge is 2.13. The van der Waals surface area contributed by atoms with E-state index in [1.165, 1.54) is 30.3 Å². The molecule has 1 N–H and O–H groups in total. The Hall–Kier alpha value is -1.82. The minimum Gasteiger partial charge on any atom is -0.452 e. The molecule has 0 radical (unpaired) electrons. The van der Waals surface area contributed by atoms with Gasteiger partial charge in [-0.3, -0.25) is 4.79 Å². The summed E-state index contributed by atoms with van der Waals surface area (Å²) in [5.74, 6) is -2.12. The van der Waals surface area contributed by atoms with Gasteiger partial charge in [0.15, 0.2) is 6.61 Å². The summed E-state index contributed by atoms with van der Waals surface area (Å²) in [6, 6.07) is 7.86. The molecule has 120 valence electrons. The molecule has 0 fully saturated rings. The van der Waals surface area contributed by atoms with E-state index < -0.39 is 24.3 Å². The molecular weight excluding hydrogens is 368 g/mol. The van der Waals surface area contributed by atoms with Gasteiger partial charge < -0.3 is 10.1 Å². The normalized spacial score (nSPS) is 10.3. The van der Waals surface area contributed by atoms with Gasteiger partial charge in [-0.2, -0.15) is 0 Å². The first-order valence-corrected chi connectivity index (χ1v) is 7.37. The standard InChI is InChI=1S/C15H9Cl3FNO3/c16-9-2-4-12(19)13(6-9)20-14(21)7-23-15(22)8-1-3-10(17)11(18)5-8/h1-6H,7H2,(H,20,21). The number of anilines is 1. The Morgan fingerprint density at radius 3 is 2.48 bits per heavy atom. The van der Waals surface area contributed by atoms with Crippen LogP contribution in [0.5, 0.6) is 0 Å². The van der Waals surface area contributed by atoms with Gasteiger partial charge in [0.25, 0.3) is 5.91 Å². The number of carbonyl (C=O) groups is 2. The summed E-state index contributed by atoms with van der Waals surface area (Å²) in [6.45, 7) is -0.592. The molecule has 0 aliphatic rings. The molecule has 23 heavy (non-hydrogen) atoms. The van der Waals surface area contributed by atoms with Gasteiger partial charge in [-0.1, -0.05) is 34.8 Å². The second kappa shape index (κ2) is 7.64. The Labute approximate surface area is 146 Å². The molecule has 0 atom stereocenters. The molecule has 2 aromatic rings. The number of carbonyl (C=O) groups excluding carboxylic acids is 2. The lowest BCUT2D eigenvalue weighted by Crippen LogP contribution is -2.21. The maximum Gasteiger partial charge on any atom is 0.338 e. The van der Waals surface area contributed by atoms with Crippen LogP contribution in [-0.4, -0.2) is 18.5 Å². The van der Waals surface area contributed by atoms with Crippen LogP contribution in [0.1, 0.15) is 10.4 Å². The fraction of sp³-hybridized carbons (Fsp3) is 0.0667. The summed E-state index contributed by atoms with van der Waals surface area (Å²) in [5.41, 5.74) is 0.0363. The van der Waals surface area contributed by atoms with Crippen LogP contribution in [0, 0.1) is 5.82 Å². The average Bonchev–Trinajstić information content (AvgIpc) is 2.51. The third-order valence-electron chi connectivity index (χ3n) is 2.69. The van der Waals surface area contributed by atoms with E-state index in [4.69, 9.17) is 39.5 Å². The largest absolute Gasteiger partial charge is 0.452 e. The number of halogens is 4. The lowest BCUT2D eigenvalue weighted by molar-refractivity contribution is -0.119. The van der Waals surface area contributed by atoms with Gasteiger partial charge in [0.1, 0.15) is 5.82 Å². The average molecular weight is 377 g/mol. The van der Waals surface area contributed by atoms with Crippen molar-refractivity contribution in [3.63, 3.8) is 0 Å². The Balaban J connectivity index is 1.94. The van der Waals surface area contributed by atoms with Crippen LogP contribution < -0.4 is 5.32 Å². The molecular formula is C15H9Cl3FNO3. The van der Waals surface area contributed by atoms with Crippen molar-refractivity contribution in [2.45, 2.75) is 0 Å². The molecule has 2 aromatic carbocycles. The first-order valence-electron chi connectivity index (χ1n) is 6.24. The smallest absolute Gasteiger partial charge is 0.338 e. The van der Waals surface area contributed by atoms with Crippen LogP contribution in [0.4, 0.5) is 10.1 Å². The van der Waals surface area contributed by atoms with E-state index in [0.29, 0.717) is 0 Å². The Morgan fingerprint density at radius 2 is 1.78 bits per heavy atom. The van der Waals surface area contributed by atoms with Crippen molar-refractivity contribution in [1.29, 1.82) is 0 Å². The summed E-state index contributed by atoms with van der Waals surface area (Å²) < 4.78 is 18.3. The van der Waals surface area contributed by atoms with E-state index in [1.54, 1.807) is 0 Å². The fourth-order valence-electron chi connectivity index (χ4n) is 1.62. The van der Waals surface area contributed by atoms with Gasteiger partial charge in [-0.25, -0.2) is 9.18 Å². The fourth-order valence-corrected chi connectivity index (χ4v) is 2.09. The molecule has 0 unspecified atom stereocenters. The Kier molecular flexibility index (Phi) is 5.82. The Bertz CT molecular complexity index is 768. The van der Waals surface area contributed by atoms with Crippen molar-refractivity contribution in [3.05, 3.63) is 62.8 Å². The molecule has 0 aliphatic heterocycles. The summed E-state index contributed by atoms with van der Waals surface area (Å²) in [7, 11) is 0. The number of esters is 1. The van der Waals surface area contributed by atoms with Crippen LogP contribution in [0.2, 0.25) is 15.1 Å². The minimum atomic E-state index is -0.759. The van der Waals surface area contributed by atoms with Crippen LogP contribution in [0.25, 0.3) is 0 Å². The van der Waals surface area contributed by atoms with Gasteiger partial charge in [0.05, 0.1) is 21.3 Å². The Morgan fingerprint density at radius 1 is 1.04 bits per heavy atom. The number of ether oxygens (including phenoxy) is 1. The number of benzene rings is 2. The van der Waals surface area contributed by atoms with Crippen LogP contribution in [-0.2, 0) is 9.53 Å². The quantitative estimate of drug-likeness (QED) is 0.795. The summed E-state index contributed by atoms with van der Waals surface area (Å²) in [5, 5.41) is 2.99. The maximum absolute atomic E-state index is 13.5. The van der Waals surface area contributed by atoms with Crippen molar-refractivity contribution >= 4 is 52.4 Å². The molecule has 2 rings (SSSR count). The third-order valence-corrected chi connectivity index (χ3v) is 3.67. The molecule has 8 heteroatoms. The minimum absolute atomic E-state index is 0.104. The molecule has 4 nitrogen and oxygen atoms in total. The highest BCUT2D eigenvalue weighted by atomic mass is 35.5. The molecule has 0 spiro atoms. The van der Waals surface area contributed by atoms with Crippen molar-refractivity contribution in [3.8, 4) is 0 Å². The highest BCUT2D eigenvalue weighted by molar-refractivity contribution is 6.42. The topological polar surface area (TPSA) is 55.4 Å². The van der Waals surface area contributed by atoms with Gasteiger partial charge in [-0.15, -0.1) is 0 Å². The van der Waals surface area contributed by atoms with E-state index in [1.807, 2.05) is 0 Å². The van der Waals surface area contributed by atoms with Crippen LogP contribution in [0.3, 0.4) is 0 Å². The molecule has 0 heterocycles. The van der Waals surface area contributed by atoms with Gasteiger partial charge >= 0.3 is 5.97 Å². The number of amides is 1. The lowest BCUT2D eigenvalue weighted by atomic mass is 10.2. The first kappa shape index (κ1) is 17.5. The zero-order valence-corrected chi connectivity index (χ0v) is 13.7. The van der Waals surface area contributed by atoms with Gasteiger partial charge in [-0.05, 0) is 36.4 Å². The number of nitrogens with one attached hydrogen (secondary N) is 1. The van der Waals surface area contributed by atoms with Crippen molar-refractivity contribution in [2.24, 2.45) is 0 Å². The number of hydrogen-bond donors (Lipinski definition) is 1. The van der Waals surface area contributed by atoms with Crippen molar-refractivity contribution < 1.29 is 18.7 Å². The molecule has 0 aromatic heterocycles. The van der Waals surface area contributed by atoms with Gasteiger partial charge in [0, 0.05) is 5.02 Å². The van der Waals surface area contributed by atoms with E-state index in [-0.39, 0.29) is 26.3 Å². The summed E-state index contributed by atoms with van der Waals surface area (Å²) in [4.78, 5) is 23.5. The van der Waals surface area contributed by atoms with Crippen molar-refractivity contribution in [2.75, 3.05) is 11.9 Å². The molecule has 0 aliphatic carbocycles. The summed E-state index contributed by atoms with van der Waals surface area (Å²) in [6.07, 6.45) is 0. The van der Waals surface area contributed by atoms with Crippen molar-refractivity contribution in [1.82, 2.24) is 0 Å². The highest BCUT2D eigenvalue weighted by Crippen LogP contribution is 2.23. The molecule has 0 bridgehead atoms. The number of hydrogen-bond acceptors (Lipinski definition) is 3. The molecule has 0 saturated heterocycles. The third kappa shape index (κ3) is 4.82. The van der Waals surface area contributed by atoms with E-state index in [2.05, 4.69) is 5.32 Å². The van der Waals surface area contributed by atoms with Crippen LogP contribution >= 0.6 is 34.8 Å². The summed E-state index contributed by atoms with van der Waals surface area (Å²) >= 11 is 17.2. The van der Waals surface area contributed by atoms with E-state index in [9.17, 15) is 14.0 Å². The van der Waals surface area contributed by atoms with E-state index >= 15 is 0 Å². The predicted octanol–water partition coefficient (Wildman–Crippen LogP) is 4.58. The zero-order chi connectivity index (χ0) is 17.0.